The lowest BCUT2D eigenvalue weighted by Crippen LogP contribution is -2.02. The molecule has 0 fully saturated rings. The Kier molecular flexibility index (Phi) is 3.07. The maximum absolute atomic E-state index is 10.5. The van der Waals surface area contributed by atoms with Gasteiger partial charge in [0, 0.05) is 5.57 Å². The van der Waals surface area contributed by atoms with Crippen LogP contribution in [0.4, 0.5) is 0 Å². The van der Waals surface area contributed by atoms with Crippen LogP contribution in [-0.4, -0.2) is 16.2 Å². The summed E-state index contributed by atoms with van der Waals surface area (Å²) in [5.74, 6) is -2.05. The lowest BCUT2D eigenvalue weighted by molar-refractivity contribution is -0.135. The minimum Gasteiger partial charge on any atom is -0.501 e. The first-order valence-corrected chi connectivity index (χ1v) is 4.01. The Morgan fingerprint density at radius 3 is 2.21 bits per heavy atom. The van der Waals surface area contributed by atoms with E-state index in [0.29, 0.717) is 5.56 Å². The average Bonchev–Trinajstić information content (AvgIpc) is 2.20. The highest BCUT2D eigenvalue weighted by Crippen LogP contribution is 2.18. The summed E-state index contributed by atoms with van der Waals surface area (Å²) >= 11 is 0. The van der Waals surface area contributed by atoms with Crippen molar-refractivity contribution in [2.24, 2.45) is 0 Å². The van der Waals surface area contributed by atoms with Gasteiger partial charge in [-0.25, -0.2) is 4.79 Å². The van der Waals surface area contributed by atoms with Crippen molar-refractivity contribution in [1.82, 2.24) is 0 Å². The quantitative estimate of drug-likeness (QED) is 0.436. The van der Waals surface area contributed by atoms with E-state index in [9.17, 15) is 9.90 Å². The summed E-state index contributed by atoms with van der Waals surface area (Å²) < 4.78 is 0. The molecule has 3 nitrogen and oxygen atoms in total. The monoisotopic (exact) mass is 190 g/mol. The van der Waals surface area contributed by atoms with Crippen molar-refractivity contribution in [3.05, 3.63) is 54.3 Å². The lowest BCUT2D eigenvalue weighted by Gasteiger charge is -2.02. The number of carboxylic acid groups (broad SMARTS) is 1. The normalized spacial score (nSPS) is 11.7. The van der Waals surface area contributed by atoms with Gasteiger partial charge in [0.05, 0.1) is 0 Å². The van der Waals surface area contributed by atoms with Crippen LogP contribution in [0.5, 0.6) is 0 Å². The fraction of sp³-hybridized carbons (Fsp3) is 0. The lowest BCUT2D eigenvalue weighted by atomic mass is 10.0. The summed E-state index contributed by atoms with van der Waals surface area (Å²) in [6, 6.07) is 8.73. The van der Waals surface area contributed by atoms with Crippen molar-refractivity contribution < 1.29 is 15.0 Å². The highest BCUT2D eigenvalue weighted by Gasteiger charge is 2.11. The molecule has 2 N–H and O–H groups in total. The van der Waals surface area contributed by atoms with Gasteiger partial charge in [-0.1, -0.05) is 43.0 Å². The van der Waals surface area contributed by atoms with Gasteiger partial charge in [-0.15, -0.1) is 0 Å². The van der Waals surface area contributed by atoms with Gasteiger partial charge >= 0.3 is 5.97 Å². The van der Waals surface area contributed by atoms with Gasteiger partial charge in [-0.05, 0) is 5.56 Å². The van der Waals surface area contributed by atoms with Crippen molar-refractivity contribution in [3.8, 4) is 0 Å². The zero-order valence-corrected chi connectivity index (χ0v) is 7.47. The Labute approximate surface area is 81.6 Å². The van der Waals surface area contributed by atoms with Gasteiger partial charge in [0.2, 0.25) is 5.76 Å². The third-order valence-electron chi connectivity index (χ3n) is 1.75. The van der Waals surface area contributed by atoms with E-state index in [-0.39, 0.29) is 5.57 Å². The number of carbonyl (C=O) groups is 1. The Balaban J connectivity index is 3.24. The molecule has 0 unspecified atom stereocenters. The van der Waals surface area contributed by atoms with E-state index in [4.69, 9.17) is 5.11 Å². The van der Waals surface area contributed by atoms with E-state index in [1.807, 2.05) is 6.07 Å². The number of carboxylic acids is 1. The predicted molar refractivity (Wildman–Crippen MR) is 53.8 cm³/mol. The Morgan fingerprint density at radius 1 is 1.21 bits per heavy atom. The number of allylic oxidation sites excluding steroid dienone is 2. The van der Waals surface area contributed by atoms with Crippen LogP contribution < -0.4 is 0 Å². The highest BCUT2D eigenvalue weighted by molar-refractivity contribution is 5.96. The maximum Gasteiger partial charge on any atom is 0.371 e. The van der Waals surface area contributed by atoms with Crippen molar-refractivity contribution >= 4 is 11.5 Å². The molecular weight excluding hydrogens is 180 g/mol. The molecule has 0 radical (unpaired) electrons. The van der Waals surface area contributed by atoms with Crippen molar-refractivity contribution in [2.45, 2.75) is 0 Å². The third kappa shape index (κ3) is 2.01. The molecule has 0 aromatic heterocycles. The number of benzene rings is 1. The van der Waals surface area contributed by atoms with Gasteiger partial charge in [-0.3, -0.25) is 0 Å². The van der Waals surface area contributed by atoms with Crippen LogP contribution in [0, 0.1) is 0 Å². The zero-order valence-electron chi connectivity index (χ0n) is 7.47. The second-order valence-corrected chi connectivity index (χ2v) is 2.64. The molecule has 0 spiro atoms. The second kappa shape index (κ2) is 4.28. The van der Waals surface area contributed by atoms with E-state index in [1.54, 1.807) is 24.3 Å². The Hall–Kier alpha value is -2.03. The molecular formula is C11H10O3. The first-order valence-electron chi connectivity index (χ1n) is 4.01. The van der Waals surface area contributed by atoms with Gasteiger partial charge < -0.3 is 10.2 Å². The number of aliphatic carboxylic acids is 1. The smallest absolute Gasteiger partial charge is 0.371 e. The van der Waals surface area contributed by atoms with Crippen LogP contribution in [0.3, 0.4) is 0 Å². The van der Waals surface area contributed by atoms with E-state index in [1.165, 1.54) is 6.08 Å². The van der Waals surface area contributed by atoms with Crippen LogP contribution in [0.15, 0.2) is 48.7 Å². The molecule has 3 heteroatoms. The molecule has 1 aromatic carbocycles. The first-order chi connectivity index (χ1) is 6.66. The fourth-order valence-corrected chi connectivity index (χ4v) is 1.08. The summed E-state index contributed by atoms with van der Waals surface area (Å²) in [5.41, 5.74) is 0.848. The molecule has 72 valence electrons. The van der Waals surface area contributed by atoms with Crippen LogP contribution in [0.25, 0.3) is 5.57 Å². The van der Waals surface area contributed by atoms with Crippen molar-refractivity contribution in [1.29, 1.82) is 0 Å². The number of aliphatic hydroxyl groups excluding tert-OH is 1. The summed E-state index contributed by atoms with van der Waals surface area (Å²) in [7, 11) is 0. The second-order valence-electron chi connectivity index (χ2n) is 2.64. The molecule has 1 rings (SSSR count). The molecule has 0 aliphatic carbocycles. The molecule has 0 heterocycles. The summed E-state index contributed by atoms with van der Waals surface area (Å²) in [6.07, 6.45) is 1.32. The standard InChI is InChI=1S/C11H10O3/c1-2-9(10(12)11(13)14)8-6-4-3-5-7-8/h2-7,12H,1H2,(H,13,14). The molecule has 1 aromatic rings. The van der Waals surface area contributed by atoms with Gasteiger partial charge in [0.15, 0.2) is 0 Å². The van der Waals surface area contributed by atoms with E-state index < -0.39 is 11.7 Å². The van der Waals surface area contributed by atoms with Crippen LogP contribution >= 0.6 is 0 Å². The zero-order chi connectivity index (χ0) is 10.6. The molecule has 0 aliphatic heterocycles. The molecule has 0 aliphatic rings. The predicted octanol–water partition coefficient (Wildman–Crippen LogP) is 2.23. The fourth-order valence-electron chi connectivity index (χ4n) is 1.08. The number of hydrogen-bond acceptors (Lipinski definition) is 2. The Morgan fingerprint density at radius 2 is 1.79 bits per heavy atom. The number of rotatable bonds is 3. The van der Waals surface area contributed by atoms with Crippen LogP contribution in [-0.2, 0) is 4.79 Å². The van der Waals surface area contributed by atoms with E-state index >= 15 is 0 Å². The molecule has 14 heavy (non-hydrogen) atoms. The summed E-state index contributed by atoms with van der Waals surface area (Å²) in [6.45, 7) is 3.46. The van der Waals surface area contributed by atoms with Crippen LogP contribution in [0.2, 0.25) is 0 Å². The number of hydrogen-bond donors (Lipinski definition) is 2. The summed E-state index contributed by atoms with van der Waals surface area (Å²) in [4.78, 5) is 10.5. The number of aliphatic hydroxyl groups is 1. The molecule has 0 saturated heterocycles. The minimum atomic E-state index is -1.36. The molecule has 0 amide bonds. The largest absolute Gasteiger partial charge is 0.501 e. The SMILES string of the molecule is C=CC(=C(O)C(=O)O)c1ccccc1. The molecule has 0 atom stereocenters. The highest BCUT2D eigenvalue weighted by atomic mass is 16.4. The van der Waals surface area contributed by atoms with Crippen molar-refractivity contribution in [2.75, 3.05) is 0 Å². The third-order valence-corrected chi connectivity index (χ3v) is 1.75. The molecule has 0 saturated carbocycles. The molecule has 0 bridgehead atoms. The van der Waals surface area contributed by atoms with E-state index in [2.05, 4.69) is 6.58 Å². The van der Waals surface area contributed by atoms with Crippen molar-refractivity contribution in [3.63, 3.8) is 0 Å². The minimum absolute atomic E-state index is 0.220. The van der Waals surface area contributed by atoms with Gasteiger partial charge in [-0.2, -0.15) is 0 Å². The maximum atomic E-state index is 10.5. The van der Waals surface area contributed by atoms with Gasteiger partial charge in [0.1, 0.15) is 0 Å². The van der Waals surface area contributed by atoms with E-state index in [0.717, 1.165) is 0 Å². The Bertz CT molecular complexity index is 377. The topological polar surface area (TPSA) is 57.5 Å². The summed E-state index contributed by atoms with van der Waals surface area (Å²) in [5, 5.41) is 17.8. The van der Waals surface area contributed by atoms with Gasteiger partial charge in [0.25, 0.3) is 0 Å². The average molecular weight is 190 g/mol. The first kappa shape index (κ1) is 10.1. The van der Waals surface area contributed by atoms with Crippen LogP contribution in [0.1, 0.15) is 5.56 Å².